The molecule has 7 nitrogen and oxygen atoms in total. The lowest BCUT2D eigenvalue weighted by Crippen LogP contribution is -2.04. The van der Waals surface area contributed by atoms with E-state index < -0.39 is 5.97 Å². The van der Waals surface area contributed by atoms with Gasteiger partial charge in [0.05, 0.1) is 25.4 Å². The zero-order valence-electron chi connectivity index (χ0n) is 9.86. The number of nitrogens with zero attached hydrogens (tertiary/aromatic N) is 4. The molecule has 0 saturated heterocycles. The summed E-state index contributed by atoms with van der Waals surface area (Å²) < 4.78 is 7.68. The lowest BCUT2D eigenvalue weighted by molar-refractivity contribution is -0.137. The lowest BCUT2D eigenvalue weighted by atomic mass is 10.4. The van der Waals surface area contributed by atoms with Crippen molar-refractivity contribution >= 4 is 21.9 Å². The van der Waals surface area contributed by atoms with Gasteiger partial charge in [0.25, 0.3) is 0 Å². The van der Waals surface area contributed by atoms with Crippen molar-refractivity contribution in [3.8, 4) is 5.75 Å². The molecule has 0 bridgehead atoms. The van der Waals surface area contributed by atoms with Gasteiger partial charge >= 0.3 is 5.97 Å². The molecule has 0 spiro atoms. The van der Waals surface area contributed by atoms with Gasteiger partial charge < -0.3 is 9.84 Å². The average molecular weight is 327 g/mol. The summed E-state index contributed by atoms with van der Waals surface area (Å²) in [4.78, 5) is 14.5. The van der Waals surface area contributed by atoms with E-state index in [1.54, 1.807) is 24.5 Å². The van der Waals surface area contributed by atoms with Crippen molar-refractivity contribution in [2.45, 2.75) is 19.6 Å². The number of carboxylic acids is 1. The molecule has 2 aromatic heterocycles. The molecule has 2 aromatic rings. The highest BCUT2D eigenvalue weighted by atomic mass is 79.9. The Bertz CT molecular complexity index is 555. The van der Waals surface area contributed by atoms with E-state index in [1.807, 2.05) is 0 Å². The second-order valence-electron chi connectivity index (χ2n) is 3.72. The van der Waals surface area contributed by atoms with E-state index in [9.17, 15) is 4.79 Å². The predicted molar refractivity (Wildman–Crippen MR) is 68.5 cm³/mol. The summed E-state index contributed by atoms with van der Waals surface area (Å²) in [6.07, 6.45) is 3.27. The molecule has 0 saturated carbocycles. The van der Waals surface area contributed by atoms with E-state index in [1.165, 1.54) is 4.68 Å². The first kappa shape index (κ1) is 13.5. The van der Waals surface area contributed by atoms with Crippen LogP contribution in [0, 0.1) is 0 Å². The van der Waals surface area contributed by atoms with Gasteiger partial charge in [-0.1, -0.05) is 5.21 Å². The fourth-order valence-corrected chi connectivity index (χ4v) is 1.56. The van der Waals surface area contributed by atoms with Crippen LogP contribution in [0.5, 0.6) is 5.75 Å². The second-order valence-corrected chi connectivity index (χ2v) is 4.53. The Hall–Kier alpha value is -1.96. The predicted octanol–water partition coefficient (Wildman–Crippen LogP) is 1.49. The SMILES string of the molecule is O=C(O)CCn1cc(COc2ccc(Br)nc2)nn1. The summed E-state index contributed by atoms with van der Waals surface area (Å²) in [6, 6.07) is 3.56. The first-order chi connectivity index (χ1) is 9.13. The minimum atomic E-state index is -0.866. The van der Waals surface area contributed by atoms with Crippen molar-refractivity contribution in [2.75, 3.05) is 0 Å². The van der Waals surface area contributed by atoms with Crippen molar-refractivity contribution in [3.05, 3.63) is 34.8 Å². The molecule has 19 heavy (non-hydrogen) atoms. The summed E-state index contributed by atoms with van der Waals surface area (Å²) in [6.45, 7) is 0.554. The fraction of sp³-hybridized carbons (Fsp3) is 0.273. The zero-order valence-corrected chi connectivity index (χ0v) is 11.4. The van der Waals surface area contributed by atoms with Gasteiger partial charge in [-0.15, -0.1) is 5.10 Å². The number of rotatable bonds is 6. The summed E-state index contributed by atoms with van der Waals surface area (Å²) in [5.41, 5.74) is 0.633. The number of halogens is 1. The van der Waals surface area contributed by atoms with Crippen molar-refractivity contribution in [1.29, 1.82) is 0 Å². The molecule has 2 heterocycles. The Balaban J connectivity index is 1.86. The number of pyridine rings is 1. The van der Waals surface area contributed by atoms with Crippen LogP contribution in [-0.2, 0) is 17.9 Å². The van der Waals surface area contributed by atoms with E-state index in [0.29, 0.717) is 18.0 Å². The maximum atomic E-state index is 10.4. The molecule has 0 unspecified atom stereocenters. The maximum absolute atomic E-state index is 10.4. The van der Waals surface area contributed by atoms with Crippen LogP contribution in [0.4, 0.5) is 0 Å². The van der Waals surface area contributed by atoms with Crippen LogP contribution in [0.25, 0.3) is 0 Å². The molecule has 0 atom stereocenters. The topological polar surface area (TPSA) is 90.1 Å². The molecule has 100 valence electrons. The molecular formula is C11H11BrN4O3. The smallest absolute Gasteiger partial charge is 0.305 e. The Morgan fingerprint density at radius 3 is 3.00 bits per heavy atom. The molecule has 0 amide bonds. The normalized spacial score (nSPS) is 10.4. The molecule has 0 aliphatic heterocycles. The maximum Gasteiger partial charge on any atom is 0.305 e. The molecule has 0 aliphatic carbocycles. The van der Waals surface area contributed by atoms with Gasteiger partial charge in [-0.25, -0.2) is 4.98 Å². The number of hydrogen-bond donors (Lipinski definition) is 1. The second kappa shape index (κ2) is 6.28. The number of aliphatic carboxylic acids is 1. The minimum Gasteiger partial charge on any atom is -0.486 e. The number of carboxylic acid groups (broad SMARTS) is 1. The molecule has 0 aromatic carbocycles. The largest absolute Gasteiger partial charge is 0.486 e. The highest BCUT2D eigenvalue weighted by molar-refractivity contribution is 9.10. The number of aromatic nitrogens is 4. The Morgan fingerprint density at radius 2 is 2.32 bits per heavy atom. The molecule has 0 radical (unpaired) electrons. The van der Waals surface area contributed by atoms with Crippen molar-refractivity contribution < 1.29 is 14.6 Å². The number of aryl methyl sites for hydroxylation is 1. The molecule has 0 aliphatic rings. The van der Waals surface area contributed by atoms with Gasteiger partial charge in [-0.2, -0.15) is 0 Å². The van der Waals surface area contributed by atoms with Crippen LogP contribution in [-0.4, -0.2) is 31.1 Å². The van der Waals surface area contributed by atoms with Gasteiger partial charge in [0.15, 0.2) is 0 Å². The highest BCUT2D eigenvalue weighted by Gasteiger charge is 2.04. The van der Waals surface area contributed by atoms with E-state index >= 15 is 0 Å². The first-order valence-corrected chi connectivity index (χ1v) is 6.28. The van der Waals surface area contributed by atoms with E-state index in [2.05, 4.69) is 31.2 Å². The van der Waals surface area contributed by atoms with Crippen LogP contribution in [0.1, 0.15) is 12.1 Å². The molecule has 2 rings (SSSR count). The van der Waals surface area contributed by atoms with Crippen molar-refractivity contribution in [3.63, 3.8) is 0 Å². The average Bonchev–Trinajstić information content (AvgIpc) is 2.84. The quantitative estimate of drug-likeness (QED) is 0.809. The van der Waals surface area contributed by atoms with Gasteiger partial charge in [0.1, 0.15) is 22.7 Å². The molecule has 8 heteroatoms. The van der Waals surface area contributed by atoms with Crippen molar-refractivity contribution in [2.24, 2.45) is 0 Å². The Kier molecular flexibility index (Phi) is 4.45. The van der Waals surface area contributed by atoms with Crippen LogP contribution in [0.2, 0.25) is 0 Å². The summed E-state index contributed by atoms with van der Waals surface area (Å²) in [5, 5.41) is 16.3. The molecular weight excluding hydrogens is 316 g/mol. The Morgan fingerprint density at radius 1 is 1.47 bits per heavy atom. The van der Waals surface area contributed by atoms with Crippen LogP contribution < -0.4 is 4.74 Å². The Labute approximate surface area is 117 Å². The number of ether oxygens (including phenoxy) is 1. The standard InChI is InChI=1S/C11H11BrN4O3/c12-10-2-1-9(5-13-10)19-7-8-6-16(15-14-8)4-3-11(17)18/h1-2,5-6H,3-4,7H2,(H,17,18). The monoisotopic (exact) mass is 326 g/mol. The van der Waals surface area contributed by atoms with Gasteiger partial charge in [0, 0.05) is 0 Å². The third-order valence-corrected chi connectivity index (χ3v) is 2.70. The van der Waals surface area contributed by atoms with Gasteiger partial charge in [-0.05, 0) is 28.1 Å². The van der Waals surface area contributed by atoms with Gasteiger partial charge in [0.2, 0.25) is 0 Å². The summed E-state index contributed by atoms with van der Waals surface area (Å²) in [7, 11) is 0. The third kappa shape index (κ3) is 4.32. The van der Waals surface area contributed by atoms with Crippen LogP contribution in [0.15, 0.2) is 29.1 Å². The summed E-state index contributed by atoms with van der Waals surface area (Å²) in [5.74, 6) is -0.238. The highest BCUT2D eigenvalue weighted by Crippen LogP contribution is 2.13. The van der Waals surface area contributed by atoms with E-state index in [0.717, 1.165) is 4.60 Å². The van der Waals surface area contributed by atoms with Gasteiger partial charge in [-0.3, -0.25) is 9.48 Å². The van der Waals surface area contributed by atoms with Crippen molar-refractivity contribution in [1.82, 2.24) is 20.0 Å². The third-order valence-electron chi connectivity index (χ3n) is 2.23. The number of hydrogen-bond acceptors (Lipinski definition) is 5. The first-order valence-electron chi connectivity index (χ1n) is 5.48. The van der Waals surface area contributed by atoms with E-state index in [-0.39, 0.29) is 13.0 Å². The summed E-state index contributed by atoms with van der Waals surface area (Å²) >= 11 is 3.23. The van der Waals surface area contributed by atoms with Crippen LogP contribution >= 0.6 is 15.9 Å². The van der Waals surface area contributed by atoms with Crippen LogP contribution in [0.3, 0.4) is 0 Å². The van der Waals surface area contributed by atoms with E-state index in [4.69, 9.17) is 9.84 Å². The molecule has 0 fully saturated rings. The fourth-order valence-electron chi connectivity index (χ4n) is 1.33. The zero-order chi connectivity index (χ0) is 13.7. The lowest BCUT2D eigenvalue weighted by Gasteiger charge is -2.02. The minimum absolute atomic E-state index is 0.0142. The molecule has 1 N–H and O–H groups in total. The number of carbonyl (C=O) groups is 1.